The third kappa shape index (κ3) is 6.01. The van der Waals surface area contributed by atoms with E-state index in [2.05, 4.69) is 5.32 Å². The lowest BCUT2D eigenvalue weighted by Crippen LogP contribution is -2.22. The second-order valence-electron chi connectivity index (χ2n) is 4.02. The predicted molar refractivity (Wildman–Crippen MR) is 79.2 cm³/mol. The van der Waals surface area contributed by atoms with E-state index in [1.165, 1.54) is 12.1 Å². The van der Waals surface area contributed by atoms with E-state index in [4.69, 9.17) is 17.3 Å². The summed E-state index contributed by atoms with van der Waals surface area (Å²) in [6.45, 7) is 6.44. The molecule has 0 saturated heterocycles. The van der Waals surface area contributed by atoms with E-state index >= 15 is 0 Å². The van der Waals surface area contributed by atoms with Gasteiger partial charge in [-0.05, 0) is 37.6 Å². The first-order valence-corrected chi connectivity index (χ1v) is 7.09. The maximum atomic E-state index is 12.7. The molecule has 3 N–H and O–H groups in total. The topological polar surface area (TPSA) is 38.0 Å². The molecule has 6 heteroatoms. The average molecular weight is 311 g/mol. The zero-order valence-electron chi connectivity index (χ0n) is 12.0. The summed E-state index contributed by atoms with van der Waals surface area (Å²) in [4.78, 5) is 0. The van der Waals surface area contributed by atoms with Crippen molar-refractivity contribution < 1.29 is 13.2 Å². The highest BCUT2D eigenvalue weighted by Gasteiger charge is 2.33. The van der Waals surface area contributed by atoms with Crippen LogP contribution < -0.4 is 11.1 Å². The first kappa shape index (κ1) is 19.1. The van der Waals surface area contributed by atoms with Crippen LogP contribution in [0.15, 0.2) is 18.2 Å². The van der Waals surface area contributed by atoms with Crippen molar-refractivity contribution in [3.8, 4) is 0 Å². The van der Waals surface area contributed by atoms with Crippen LogP contribution in [0.25, 0.3) is 0 Å². The van der Waals surface area contributed by atoms with E-state index in [-0.39, 0.29) is 11.1 Å². The molecule has 0 bridgehead atoms. The molecule has 0 spiro atoms. The summed E-state index contributed by atoms with van der Waals surface area (Å²) >= 11 is 5.54. The molecule has 1 unspecified atom stereocenters. The molecule has 2 nitrogen and oxygen atoms in total. The fraction of sp³-hybridized carbons (Fsp3) is 0.571. The predicted octanol–water partition coefficient (Wildman–Crippen LogP) is 4.92. The number of nitrogens with two attached hydrogens (primary N) is 1. The number of hydrogen-bond donors (Lipinski definition) is 2. The Labute approximate surface area is 123 Å². The minimum Gasteiger partial charge on any atom is -0.382 e. The van der Waals surface area contributed by atoms with Gasteiger partial charge in [-0.25, -0.2) is 0 Å². The Bertz CT molecular complexity index is 394. The van der Waals surface area contributed by atoms with Crippen molar-refractivity contribution in [2.24, 2.45) is 5.73 Å². The van der Waals surface area contributed by atoms with E-state index in [1.54, 1.807) is 0 Å². The average Bonchev–Trinajstić information content (AvgIpc) is 2.41. The van der Waals surface area contributed by atoms with Crippen LogP contribution in [0.5, 0.6) is 0 Å². The number of hydrogen-bond acceptors (Lipinski definition) is 2. The lowest BCUT2D eigenvalue weighted by Gasteiger charge is -2.19. The molecule has 0 aliphatic rings. The summed E-state index contributed by atoms with van der Waals surface area (Å²) < 4.78 is 38.0. The van der Waals surface area contributed by atoms with Gasteiger partial charge < -0.3 is 11.1 Å². The highest BCUT2D eigenvalue weighted by molar-refractivity contribution is 6.31. The van der Waals surface area contributed by atoms with Crippen LogP contribution in [0.4, 0.5) is 18.9 Å². The standard InChI is InChI=1S/C12H16ClF3N2.C2H6/c1-2-8(5-6-17)18-9-3-4-11(13)10(7-9)12(14,15)16;1-2/h3-4,7-8,18H,2,5-6,17H2,1H3;1-2H3. The Hall–Kier alpha value is -0.940. The zero-order valence-corrected chi connectivity index (χ0v) is 12.8. The van der Waals surface area contributed by atoms with Crippen molar-refractivity contribution in [1.82, 2.24) is 0 Å². The van der Waals surface area contributed by atoms with Crippen LogP contribution in [-0.4, -0.2) is 12.6 Å². The van der Waals surface area contributed by atoms with Crippen LogP contribution in [0.3, 0.4) is 0 Å². The van der Waals surface area contributed by atoms with Gasteiger partial charge in [0.25, 0.3) is 0 Å². The highest BCUT2D eigenvalue weighted by atomic mass is 35.5. The van der Waals surface area contributed by atoms with Crippen LogP contribution in [0, 0.1) is 0 Å². The molecule has 20 heavy (non-hydrogen) atoms. The summed E-state index contributed by atoms with van der Waals surface area (Å²) in [5.74, 6) is 0. The van der Waals surface area contributed by atoms with Gasteiger partial charge in [0, 0.05) is 11.7 Å². The van der Waals surface area contributed by atoms with E-state index < -0.39 is 11.7 Å². The summed E-state index contributed by atoms with van der Waals surface area (Å²) in [6.07, 6.45) is -2.94. The number of nitrogens with one attached hydrogen (secondary N) is 1. The molecule has 116 valence electrons. The largest absolute Gasteiger partial charge is 0.417 e. The highest BCUT2D eigenvalue weighted by Crippen LogP contribution is 2.36. The molecule has 1 aromatic carbocycles. The lowest BCUT2D eigenvalue weighted by atomic mass is 10.1. The minimum atomic E-state index is -4.44. The quantitative estimate of drug-likeness (QED) is 0.809. The van der Waals surface area contributed by atoms with Gasteiger partial charge in [0.2, 0.25) is 0 Å². The molecule has 0 saturated carbocycles. The Balaban J connectivity index is 0.00000172. The normalized spacial score (nSPS) is 12.4. The molecule has 0 radical (unpaired) electrons. The molecule has 0 aromatic heterocycles. The second kappa shape index (κ2) is 9.08. The Morgan fingerprint density at radius 2 is 1.90 bits per heavy atom. The van der Waals surface area contributed by atoms with Crippen molar-refractivity contribution in [1.29, 1.82) is 0 Å². The van der Waals surface area contributed by atoms with E-state index in [0.717, 1.165) is 12.5 Å². The molecule has 0 fully saturated rings. The Morgan fingerprint density at radius 1 is 1.30 bits per heavy atom. The molecular weight excluding hydrogens is 289 g/mol. The Morgan fingerprint density at radius 3 is 2.35 bits per heavy atom. The number of rotatable bonds is 5. The number of benzene rings is 1. The monoisotopic (exact) mass is 310 g/mol. The van der Waals surface area contributed by atoms with Gasteiger partial charge in [0.05, 0.1) is 10.6 Å². The third-order valence-electron chi connectivity index (χ3n) is 2.65. The first-order valence-electron chi connectivity index (χ1n) is 6.71. The smallest absolute Gasteiger partial charge is 0.382 e. The van der Waals surface area contributed by atoms with Crippen molar-refractivity contribution >= 4 is 17.3 Å². The van der Waals surface area contributed by atoms with Crippen molar-refractivity contribution in [2.45, 2.75) is 45.8 Å². The lowest BCUT2D eigenvalue weighted by molar-refractivity contribution is -0.137. The molecule has 0 heterocycles. The van der Waals surface area contributed by atoms with E-state index in [0.29, 0.717) is 18.7 Å². The maximum Gasteiger partial charge on any atom is 0.417 e. The molecular formula is C14H22ClF3N2. The van der Waals surface area contributed by atoms with Gasteiger partial charge in [0.15, 0.2) is 0 Å². The van der Waals surface area contributed by atoms with Crippen molar-refractivity contribution in [3.05, 3.63) is 28.8 Å². The zero-order chi connectivity index (χ0) is 15.8. The number of anilines is 1. The fourth-order valence-corrected chi connectivity index (χ4v) is 1.87. The molecule has 0 aliphatic carbocycles. The van der Waals surface area contributed by atoms with Crippen molar-refractivity contribution in [2.75, 3.05) is 11.9 Å². The summed E-state index contributed by atoms with van der Waals surface area (Å²) in [7, 11) is 0. The summed E-state index contributed by atoms with van der Waals surface area (Å²) in [5.41, 5.74) is 5.03. The van der Waals surface area contributed by atoms with Crippen LogP contribution in [0.2, 0.25) is 5.02 Å². The van der Waals surface area contributed by atoms with Crippen molar-refractivity contribution in [3.63, 3.8) is 0 Å². The molecule has 1 atom stereocenters. The maximum absolute atomic E-state index is 12.7. The first-order chi connectivity index (χ1) is 9.38. The number of alkyl halides is 3. The summed E-state index contributed by atoms with van der Waals surface area (Å²) in [5, 5.41) is 2.74. The van der Waals surface area contributed by atoms with Crippen LogP contribution in [-0.2, 0) is 6.18 Å². The van der Waals surface area contributed by atoms with Gasteiger partial charge in [-0.15, -0.1) is 0 Å². The Kier molecular flexibility index (Phi) is 8.65. The van der Waals surface area contributed by atoms with Crippen LogP contribution >= 0.6 is 11.6 Å². The van der Waals surface area contributed by atoms with E-state index in [1.807, 2.05) is 20.8 Å². The molecule has 0 amide bonds. The molecule has 0 aliphatic heterocycles. The van der Waals surface area contributed by atoms with Gasteiger partial charge in [-0.3, -0.25) is 0 Å². The third-order valence-corrected chi connectivity index (χ3v) is 2.98. The number of halogens is 4. The van der Waals surface area contributed by atoms with Gasteiger partial charge in [0.1, 0.15) is 0 Å². The molecule has 1 rings (SSSR count). The van der Waals surface area contributed by atoms with E-state index in [9.17, 15) is 13.2 Å². The fourth-order valence-electron chi connectivity index (χ4n) is 1.65. The SMILES string of the molecule is CC.CCC(CCN)Nc1ccc(Cl)c(C(F)(F)F)c1. The minimum absolute atomic E-state index is 0.0669. The van der Waals surface area contributed by atoms with Gasteiger partial charge >= 0.3 is 6.18 Å². The second-order valence-corrected chi connectivity index (χ2v) is 4.43. The van der Waals surface area contributed by atoms with Gasteiger partial charge in [-0.1, -0.05) is 32.4 Å². The van der Waals surface area contributed by atoms with Crippen LogP contribution in [0.1, 0.15) is 39.2 Å². The summed E-state index contributed by atoms with van der Waals surface area (Å²) in [6, 6.07) is 3.89. The molecule has 1 aromatic rings. The van der Waals surface area contributed by atoms with Gasteiger partial charge in [-0.2, -0.15) is 13.2 Å².